The molecule has 0 spiro atoms. The number of benzene rings is 2. The standard InChI is InChI=1S/C41H50FN3O5/c1-25(2)34-27(4)35(36(39(46)47)50-40(5,6)7)38-44-19-17-41(8,18-20-44)48-21-10-9-12-26(3)49-33-16-15-30(42)23-31(33)28-13-11-14-29(22-28)32-24-45(38)37(34)43-32/h11,13-16,22-24,26,36H,1,9-10,12,17-21H2,2-8H3,(H,46,47)/t26-,36+/m1/s1. The van der Waals surface area contributed by atoms with E-state index in [4.69, 9.17) is 19.2 Å². The van der Waals surface area contributed by atoms with Gasteiger partial charge in [0.25, 0.3) is 0 Å². The summed E-state index contributed by atoms with van der Waals surface area (Å²) in [6.07, 6.45) is 4.94. The van der Waals surface area contributed by atoms with Crippen LogP contribution in [0.2, 0.25) is 0 Å². The predicted molar refractivity (Wildman–Crippen MR) is 196 cm³/mol. The topological polar surface area (TPSA) is 85.5 Å². The summed E-state index contributed by atoms with van der Waals surface area (Å²) in [4.78, 5) is 20.6. The highest BCUT2D eigenvalue weighted by Crippen LogP contribution is 2.43. The summed E-state index contributed by atoms with van der Waals surface area (Å²) >= 11 is 0. The number of aliphatic carboxylic acids is 1. The smallest absolute Gasteiger partial charge is 0.337 e. The number of imidazole rings is 1. The van der Waals surface area contributed by atoms with E-state index in [0.717, 1.165) is 65.7 Å². The van der Waals surface area contributed by atoms with Crippen molar-refractivity contribution in [3.63, 3.8) is 0 Å². The molecule has 0 aliphatic carbocycles. The van der Waals surface area contributed by atoms with Crippen LogP contribution in [-0.4, -0.2) is 57.5 Å². The molecule has 5 heterocycles. The lowest BCUT2D eigenvalue weighted by Gasteiger charge is -2.42. The van der Waals surface area contributed by atoms with Gasteiger partial charge >= 0.3 is 5.97 Å². The van der Waals surface area contributed by atoms with Crippen LogP contribution < -0.4 is 9.64 Å². The number of pyridine rings is 1. The van der Waals surface area contributed by atoms with E-state index in [-0.39, 0.29) is 17.5 Å². The highest BCUT2D eigenvalue weighted by molar-refractivity contribution is 5.86. The average molecular weight is 684 g/mol. The van der Waals surface area contributed by atoms with Crippen LogP contribution in [0.1, 0.15) is 96.4 Å². The zero-order valence-electron chi connectivity index (χ0n) is 30.4. The number of fused-ring (bicyclic) bond motifs is 8. The van der Waals surface area contributed by atoms with Crippen LogP contribution in [0.25, 0.3) is 33.6 Å². The Morgan fingerprint density at radius 1 is 1.14 bits per heavy atom. The number of anilines is 1. The van der Waals surface area contributed by atoms with Crippen LogP contribution in [-0.2, 0) is 14.3 Å². The van der Waals surface area contributed by atoms with Gasteiger partial charge in [-0.2, -0.15) is 0 Å². The Morgan fingerprint density at radius 3 is 2.54 bits per heavy atom. The van der Waals surface area contributed by atoms with E-state index >= 15 is 0 Å². The minimum absolute atomic E-state index is 0.0569. The summed E-state index contributed by atoms with van der Waals surface area (Å²) in [6.45, 7) is 20.0. The number of ether oxygens (including phenoxy) is 3. The molecule has 0 saturated carbocycles. The Balaban J connectivity index is 1.61. The molecule has 1 fully saturated rings. The van der Waals surface area contributed by atoms with Crippen molar-refractivity contribution in [2.45, 2.75) is 104 Å². The Hall–Kier alpha value is -4.21. The number of aromatic nitrogens is 2. The van der Waals surface area contributed by atoms with Crippen molar-refractivity contribution < 1.29 is 28.5 Å². The Bertz CT molecular complexity index is 1920. The van der Waals surface area contributed by atoms with Gasteiger partial charge in [0, 0.05) is 48.1 Å². The summed E-state index contributed by atoms with van der Waals surface area (Å²) in [6, 6.07) is 12.5. The van der Waals surface area contributed by atoms with Crippen molar-refractivity contribution in [2.75, 3.05) is 24.6 Å². The molecule has 0 amide bonds. The van der Waals surface area contributed by atoms with Gasteiger partial charge in [-0.3, -0.25) is 4.40 Å². The number of carboxylic acids is 1. The second-order valence-electron chi connectivity index (χ2n) is 15.2. The van der Waals surface area contributed by atoms with E-state index < -0.39 is 17.7 Å². The molecule has 7 rings (SSSR count). The number of rotatable bonds is 4. The highest BCUT2D eigenvalue weighted by Gasteiger charge is 2.38. The molecule has 4 aromatic rings. The molecular weight excluding hydrogens is 633 g/mol. The second kappa shape index (κ2) is 13.8. The fourth-order valence-corrected chi connectivity index (χ4v) is 7.33. The molecule has 0 radical (unpaired) electrons. The molecule has 1 N–H and O–H groups in total. The number of halogens is 1. The van der Waals surface area contributed by atoms with Gasteiger partial charge in [-0.05, 0) is 122 Å². The predicted octanol–water partition coefficient (Wildman–Crippen LogP) is 9.42. The molecule has 6 bridgehead atoms. The fourth-order valence-electron chi connectivity index (χ4n) is 7.33. The average Bonchev–Trinajstić information content (AvgIpc) is 3.48. The zero-order chi connectivity index (χ0) is 36.0. The second-order valence-corrected chi connectivity index (χ2v) is 15.2. The molecule has 2 atom stereocenters. The van der Waals surface area contributed by atoms with Gasteiger partial charge in [-0.1, -0.05) is 24.8 Å². The molecule has 1 saturated heterocycles. The number of piperidine rings is 1. The lowest BCUT2D eigenvalue weighted by Crippen LogP contribution is -2.45. The lowest BCUT2D eigenvalue weighted by molar-refractivity contribution is -0.160. The van der Waals surface area contributed by atoms with Crippen LogP contribution in [0.4, 0.5) is 10.2 Å². The van der Waals surface area contributed by atoms with Crippen LogP contribution in [0.5, 0.6) is 5.75 Å². The summed E-state index contributed by atoms with van der Waals surface area (Å²) in [5.41, 5.74) is 5.60. The van der Waals surface area contributed by atoms with Crippen LogP contribution in [0.3, 0.4) is 0 Å². The van der Waals surface area contributed by atoms with Gasteiger partial charge in [-0.15, -0.1) is 0 Å². The zero-order valence-corrected chi connectivity index (χ0v) is 30.4. The molecule has 266 valence electrons. The first-order valence-electron chi connectivity index (χ1n) is 17.7. The maximum Gasteiger partial charge on any atom is 0.337 e. The first-order chi connectivity index (χ1) is 23.6. The van der Waals surface area contributed by atoms with Crippen molar-refractivity contribution in [3.8, 4) is 28.1 Å². The minimum Gasteiger partial charge on any atom is -0.490 e. The number of carbonyl (C=O) groups is 1. The largest absolute Gasteiger partial charge is 0.490 e. The third kappa shape index (κ3) is 7.30. The third-order valence-corrected chi connectivity index (χ3v) is 9.88. The van der Waals surface area contributed by atoms with E-state index in [9.17, 15) is 14.3 Å². The number of nitrogens with zero attached hydrogens (tertiary/aromatic N) is 3. The minimum atomic E-state index is -1.23. The Morgan fingerprint density at radius 2 is 1.86 bits per heavy atom. The normalized spacial score (nSPS) is 20.7. The van der Waals surface area contributed by atoms with E-state index in [2.05, 4.69) is 25.3 Å². The van der Waals surface area contributed by atoms with E-state index in [1.165, 1.54) is 12.1 Å². The highest BCUT2D eigenvalue weighted by atomic mass is 19.1. The third-order valence-electron chi connectivity index (χ3n) is 9.88. The van der Waals surface area contributed by atoms with Gasteiger partial charge in [-0.25, -0.2) is 14.2 Å². The maximum absolute atomic E-state index is 14.7. The number of hydrogen-bond acceptors (Lipinski definition) is 6. The first kappa shape index (κ1) is 35.6. The van der Waals surface area contributed by atoms with Crippen molar-refractivity contribution in [1.29, 1.82) is 0 Å². The first-order valence-corrected chi connectivity index (χ1v) is 17.7. The monoisotopic (exact) mass is 683 g/mol. The quantitative estimate of drug-likeness (QED) is 0.229. The molecule has 0 unspecified atom stereocenters. The summed E-state index contributed by atoms with van der Waals surface area (Å²) in [5.74, 6) is -0.0229. The van der Waals surface area contributed by atoms with Gasteiger partial charge in [0.2, 0.25) is 0 Å². The van der Waals surface area contributed by atoms with Gasteiger partial charge in [0.1, 0.15) is 23.0 Å². The molecule has 3 aliphatic rings. The lowest BCUT2D eigenvalue weighted by atomic mass is 9.91. The SMILES string of the molecule is C=C(C)c1c(C)c([C@H](OC(C)(C)C)C(=O)O)c2n3cc(nc13)-c1cccc(c1)-c1cc(F)ccc1O[C@H](C)CCCCOC1(C)CCN2CC1. The maximum atomic E-state index is 14.7. The number of hydrogen-bond donors (Lipinski definition) is 1. The number of allylic oxidation sites excluding steroid dienone is 1. The van der Waals surface area contributed by atoms with Crippen molar-refractivity contribution in [1.82, 2.24) is 9.38 Å². The van der Waals surface area contributed by atoms with Crippen molar-refractivity contribution >= 4 is 23.0 Å². The molecule has 2 aromatic carbocycles. The van der Waals surface area contributed by atoms with Crippen LogP contribution in [0.15, 0.2) is 55.2 Å². The molecular formula is C41H50FN3O5. The Kier molecular flexibility index (Phi) is 9.85. The molecule has 3 aliphatic heterocycles. The van der Waals surface area contributed by atoms with Gasteiger partial charge < -0.3 is 24.2 Å². The van der Waals surface area contributed by atoms with Crippen LogP contribution >= 0.6 is 0 Å². The molecule has 8 nitrogen and oxygen atoms in total. The van der Waals surface area contributed by atoms with E-state index in [0.29, 0.717) is 47.9 Å². The molecule has 9 heteroatoms. The van der Waals surface area contributed by atoms with E-state index in [1.807, 2.05) is 69.5 Å². The summed E-state index contributed by atoms with van der Waals surface area (Å²) in [5, 5.41) is 10.7. The van der Waals surface area contributed by atoms with Crippen LogP contribution in [0, 0.1) is 12.7 Å². The fraction of sp³-hybridized carbons (Fsp3) is 0.463. The van der Waals surface area contributed by atoms with Crippen molar-refractivity contribution in [2.24, 2.45) is 0 Å². The van der Waals surface area contributed by atoms with Gasteiger partial charge in [0.05, 0.1) is 23.0 Å². The van der Waals surface area contributed by atoms with E-state index in [1.54, 1.807) is 6.07 Å². The molecule has 2 aromatic heterocycles. The van der Waals surface area contributed by atoms with Gasteiger partial charge in [0.15, 0.2) is 6.10 Å². The Labute approximate surface area is 294 Å². The molecule has 50 heavy (non-hydrogen) atoms. The number of carboxylic acid groups (broad SMARTS) is 1. The summed E-state index contributed by atoms with van der Waals surface area (Å²) in [7, 11) is 0. The summed E-state index contributed by atoms with van der Waals surface area (Å²) < 4.78 is 36.0. The van der Waals surface area contributed by atoms with Crippen molar-refractivity contribution in [3.05, 3.63) is 77.7 Å².